The third-order valence-electron chi connectivity index (χ3n) is 2.94. The fraction of sp³-hybridized carbons (Fsp3) is 0.308. The van der Waals surface area contributed by atoms with Crippen molar-refractivity contribution < 1.29 is 4.92 Å². The van der Waals surface area contributed by atoms with Crippen molar-refractivity contribution in [1.82, 2.24) is 15.1 Å². The third-order valence-corrected chi connectivity index (χ3v) is 3.29. The molecule has 1 aromatic carbocycles. The third kappa shape index (κ3) is 3.55. The van der Waals surface area contributed by atoms with Crippen molar-refractivity contribution >= 4 is 17.3 Å². The van der Waals surface area contributed by atoms with Gasteiger partial charge in [-0.2, -0.15) is 5.10 Å². The van der Waals surface area contributed by atoms with Crippen LogP contribution in [0.4, 0.5) is 5.69 Å². The summed E-state index contributed by atoms with van der Waals surface area (Å²) in [6.07, 6.45) is 3.59. The number of aromatic nitrogens is 2. The van der Waals surface area contributed by atoms with Gasteiger partial charge in [0.15, 0.2) is 0 Å². The number of nitrogens with zero attached hydrogens (tertiary/aromatic N) is 3. The maximum Gasteiger partial charge on any atom is 0.275 e. The van der Waals surface area contributed by atoms with E-state index in [4.69, 9.17) is 11.6 Å². The molecule has 20 heavy (non-hydrogen) atoms. The van der Waals surface area contributed by atoms with Gasteiger partial charge >= 0.3 is 0 Å². The zero-order valence-corrected chi connectivity index (χ0v) is 11.7. The first-order chi connectivity index (χ1) is 9.58. The molecule has 0 aliphatic heterocycles. The number of nitrogens with one attached hydrogen (secondary N) is 1. The normalized spacial score (nSPS) is 12.3. The Labute approximate surface area is 121 Å². The maximum atomic E-state index is 11.0. The minimum absolute atomic E-state index is 0.0382. The molecule has 6 nitrogen and oxygen atoms in total. The highest BCUT2D eigenvalue weighted by molar-refractivity contribution is 6.31. The molecule has 0 aliphatic rings. The first kappa shape index (κ1) is 14.5. The Morgan fingerprint density at radius 2 is 2.30 bits per heavy atom. The highest BCUT2D eigenvalue weighted by Gasteiger charge is 2.16. The lowest BCUT2D eigenvalue weighted by molar-refractivity contribution is -0.385. The van der Waals surface area contributed by atoms with Crippen LogP contribution < -0.4 is 5.32 Å². The molecule has 1 atom stereocenters. The molecule has 7 heteroatoms. The summed E-state index contributed by atoms with van der Waals surface area (Å²) in [6, 6.07) is 6.67. The average molecular weight is 295 g/mol. The molecule has 0 fully saturated rings. The van der Waals surface area contributed by atoms with Gasteiger partial charge in [0.2, 0.25) is 0 Å². The van der Waals surface area contributed by atoms with Crippen LogP contribution in [-0.2, 0) is 13.1 Å². The molecule has 0 amide bonds. The minimum atomic E-state index is -0.416. The minimum Gasteiger partial charge on any atom is -0.308 e. The van der Waals surface area contributed by atoms with E-state index < -0.39 is 4.92 Å². The Balaban J connectivity index is 2.01. The molecule has 1 aromatic heterocycles. The van der Waals surface area contributed by atoms with Gasteiger partial charge < -0.3 is 5.32 Å². The lowest BCUT2D eigenvalue weighted by Crippen LogP contribution is -2.30. The van der Waals surface area contributed by atoms with Crippen molar-refractivity contribution in [3.63, 3.8) is 0 Å². The predicted octanol–water partition coefficient (Wildman–Crippen LogP) is 2.62. The molecular weight excluding hydrogens is 280 g/mol. The number of nitro benzene ring substituents is 1. The van der Waals surface area contributed by atoms with Crippen LogP contribution in [0.25, 0.3) is 0 Å². The van der Waals surface area contributed by atoms with Gasteiger partial charge in [-0.05, 0) is 19.1 Å². The number of nitro groups is 1. The van der Waals surface area contributed by atoms with Gasteiger partial charge in [-0.1, -0.05) is 17.7 Å². The van der Waals surface area contributed by atoms with Crippen LogP contribution in [0.3, 0.4) is 0 Å². The summed E-state index contributed by atoms with van der Waals surface area (Å²) in [5.41, 5.74) is 0.544. The highest BCUT2D eigenvalue weighted by atomic mass is 35.5. The highest BCUT2D eigenvalue weighted by Crippen LogP contribution is 2.25. The van der Waals surface area contributed by atoms with E-state index in [9.17, 15) is 10.1 Å². The van der Waals surface area contributed by atoms with Crippen LogP contribution in [0.1, 0.15) is 12.5 Å². The quantitative estimate of drug-likeness (QED) is 0.656. The lowest BCUT2D eigenvalue weighted by atomic mass is 10.1. The molecular formula is C13H15ClN4O2. The SMILES string of the molecule is CC(Cn1cccn1)NCc1c(Cl)cccc1[N+](=O)[O-]. The molecule has 106 valence electrons. The first-order valence-electron chi connectivity index (χ1n) is 6.20. The van der Waals surface area contributed by atoms with Crippen LogP contribution in [0.5, 0.6) is 0 Å². The van der Waals surface area contributed by atoms with Crippen LogP contribution in [-0.4, -0.2) is 20.7 Å². The van der Waals surface area contributed by atoms with E-state index in [1.54, 1.807) is 23.0 Å². The fourth-order valence-corrected chi connectivity index (χ4v) is 2.16. The smallest absolute Gasteiger partial charge is 0.275 e. The van der Waals surface area contributed by atoms with Crippen molar-refractivity contribution in [3.05, 3.63) is 57.4 Å². The molecule has 0 spiro atoms. The first-order valence-corrected chi connectivity index (χ1v) is 6.58. The lowest BCUT2D eigenvalue weighted by Gasteiger charge is -2.14. The van der Waals surface area contributed by atoms with Crippen molar-refractivity contribution in [2.24, 2.45) is 0 Å². The van der Waals surface area contributed by atoms with Crippen molar-refractivity contribution in [1.29, 1.82) is 0 Å². The summed E-state index contributed by atoms with van der Waals surface area (Å²) < 4.78 is 1.80. The zero-order valence-electron chi connectivity index (χ0n) is 11.0. The predicted molar refractivity (Wildman–Crippen MR) is 76.6 cm³/mol. The van der Waals surface area contributed by atoms with Gasteiger partial charge in [0, 0.05) is 31.0 Å². The van der Waals surface area contributed by atoms with E-state index in [0.717, 1.165) is 0 Å². The van der Waals surface area contributed by atoms with Gasteiger partial charge in [0.05, 0.1) is 22.1 Å². The number of hydrogen-bond donors (Lipinski definition) is 1. The van der Waals surface area contributed by atoms with E-state index in [0.29, 0.717) is 23.7 Å². The van der Waals surface area contributed by atoms with Crippen molar-refractivity contribution in [2.75, 3.05) is 0 Å². The Bertz CT molecular complexity index is 586. The van der Waals surface area contributed by atoms with Crippen molar-refractivity contribution in [3.8, 4) is 0 Å². The zero-order chi connectivity index (χ0) is 14.5. The van der Waals surface area contributed by atoms with Crippen LogP contribution in [0.15, 0.2) is 36.7 Å². The molecule has 1 unspecified atom stereocenters. The van der Waals surface area contributed by atoms with E-state index >= 15 is 0 Å². The van der Waals surface area contributed by atoms with E-state index in [2.05, 4.69) is 10.4 Å². The molecule has 0 saturated heterocycles. The van der Waals surface area contributed by atoms with E-state index in [1.807, 2.05) is 19.2 Å². The van der Waals surface area contributed by atoms with Crippen LogP contribution in [0.2, 0.25) is 5.02 Å². The molecule has 0 aliphatic carbocycles. The van der Waals surface area contributed by atoms with E-state index in [1.165, 1.54) is 6.07 Å². The molecule has 0 bridgehead atoms. The van der Waals surface area contributed by atoms with Crippen LogP contribution in [0, 0.1) is 10.1 Å². The Morgan fingerprint density at radius 3 is 2.95 bits per heavy atom. The molecule has 0 radical (unpaired) electrons. The van der Waals surface area contributed by atoms with Gasteiger partial charge in [0.1, 0.15) is 0 Å². The summed E-state index contributed by atoms with van der Waals surface area (Å²) in [7, 11) is 0. The Hall–Kier alpha value is -1.92. The van der Waals surface area contributed by atoms with Crippen LogP contribution >= 0.6 is 11.6 Å². The largest absolute Gasteiger partial charge is 0.308 e. The second kappa shape index (κ2) is 6.49. The molecule has 0 saturated carbocycles. The molecule has 1 N–H and O–H groups in total. The number of benzene rings is 1. The van der Waals surface area contributed by atoms with Gasteiger partial charge in [-0.15, -0.1) is 0 Å². The standard InChI is InChI=1S/C13H15ClN4O2/c1-10(9-17-7-3-6-16-17)15-8-11-12(14)4-2-5-13(11)18(19)20/h2-7,10,15H,8-9H2,1H3. The van der Waals surface area contributed by atoms with Gasteiger partial charge in [-0.3, -0.25) is 14.8 Å². The van der Waals surface area contributed by atoms with Gasteiger partial charge in [-0.25, -0.2) is 0 Å². The Morgan fingerprint density at radius 1 is 1.50 bits per heavy atom. The summed E-state index contributed by atoms with van der Waals surface area (Å²) in [5.74, 6) is 0. The summed E-state index contributed by atoms with van der Waals surface area (Å²) in [5, 5.41) is 18.7. The molecule has 2 rings (SSSR count). The summed E-state index contributed by atoms with van der Waals surface area (Å²) in [6.45, 7) is 3.02. The maximum absolute atomic E-state index is 11.0. The summed E-state index contributed by atoms with van der Waals surface area (Å²) >= 11 is 6.04. The molecule has 1 heterocycles. The van der Waals surface area contributed by atoms with E-state index in [-0.39, 0.29) is 11.7 Å². The summed E-state index contributed by atoms with van der Waals surface area (Å²) in [4.78, 5) is 10.6. The van der Waals surface area contributed by atoms with Crippen molar-refractivity contribution in [2.45, 2.75) is 26.1 Å². The number of hydrogen-bond acceptors (Lipinski definition) is 4. The van der Waals surface area contributed by atoms with Gasteiger partial charge in [0.25, 0.3) is 5.69 Å². The fourth-order valence-electron chi connectivity index (χ4n) is 1.92. The second-order valence-corrected chi connectivity index (χ2v) is 4.91. The number of rotatable bonds is 6. The monoisotopic (exact) mass is 294 g/mol. The number of halogens is 1. The Kier molecular flexibility index (Phi) is 4.70. The second-order valence-electron chi connectivity index (χ2n) is 4.50. The topological polar surface area (TPSA) is 73.0 Å². The molecule has 2 aromatic rings. The average Bonchev–Trinajstić information content (AvgIpc) is 2.89.